The number of nitrogens with zero attached hydrogens (tertiary/aromatic N) is 1. The molecule has 4 heteroatoms. The van der Waals surface area contributed by atoms with Gasteiger partial charge in [-0.15, -0.1) is 11.8 Å². The van der Waals surface area contributed by atoms with Gasteiger partial charge in [0.25, 0.3) is 0 Å². The van der Waals surface area contributed by atoms with Gasteiger partial charge in [0.2, 0.25) is 0 Å². The highest BCUT2D eigenvalue weighted by atomic mass is 79.9. The van der Waals surface area contributed by atoms with Crippen LogP contribution < -0.4 is 5.32 Å². The van der Waals surface area contributed by atoms with E-state index < -0.39 is 0 Å². The van der Waals surface area contributed by atoms with E-state index in [1.165, 1.54) is 10.5 Å². The van der Waals surface area contributed by atoms with Crippen LogP contribution in [0.1, 0.15) is 26.3 Å². The van der Waals surface area contributed by atoms with Crippen molar-refractivity contribution in [3.63, 3.8) is 0 Å². The van der Waals surface area contributed by atoms with E-state index in [1.807, 2.05) is 11.8 Å². The molecule has 0 bridgehead atoms. The van der Waals surface area contributed by atoms with E-state index in [4.69, 9.17) is 0 Å². The molecule has 0 atom stereocenters. The molecule has 0 radical (unpaired) electrons. The Balaban J connectivity index is 2.68. The molecule has 0 aliphatic heterocycles. The molecular weight excluding hydrogens is 320 g/mol. The van der Waals surface area contributed by atoms with Gasteiger partial charge in [-0.25, -0.2) is 0 Å². The van der Waals surface area contributed by atoms with Gasteiger partial charge in [-0.1, -0.05) is 15.9 Å². The lowest BCUT2D eigenvalue weighted by Gasteiger charge is -2.22. The lowest BCUT2D eigenvalue weighted by atomic mass is 10.1. The Kier molecular flexibility index (Phi) is 6.87. The summed E-state index contributed by atoms with van der Waals surface area (Å²) in [5.74, 6) is 1.12. The van der Waals surface area contributed by atoms with E-state index >= 15 is 0 Å². The molecule has 1 aromatic carbocycles. The van der Waals surface area contributed by atoms with E-state index in [0.717, 1.165) is 23.3 Å². The van der Waals surface area contributed by atoms with Gasteiger partial charge in [0.1, 0.15) is 0 Å². The summed E-state index contributed by atoms with van der Waals surface area (Å²) in [6.45, 7) is 8.61. The summed E-state index contributed by atoms with van der Waals surface area (Å²) in [5.41, 5.74) is 1.52. The molecule has 0 aliphatic rings. The van der Waals surface area contributed by atoms with Crippen LogP contribution in [-0.4, -0.2) is 36.8 Å². The zero-order valence-corrected chi connectivity index (χ0v) is 15.0. The summed E-state index contributed by atoms with van der Waals surface area (Å²) in [7, 11) is 4.23. The molecule has 0 spiro atoms. The molecule has 1 N–H and O–H groups in total. The molecule has 19 heavy (non-hydrogen) atoms. The predicted octanol–water partition coefficient (Wildman–Crippen LogP) is 3.99. The Hall–Kier alpha value is -0.0300. The molecule has 0 saturated carbocycles. The van der Waals surface area contributed by atoms with E-state index in [0.29, 0.717) is 0 Å². The quantitative estimate of drug-likeness (QED) is 0.785. The third kappa shape index (κ3) is 7.35. The first-order chi connectivity index (χ1) is 8.78. The maximum Gasteiger partial charge on any atom is 0.0221 e. The zero-order valence-electron chi connectivity index (χ0n) is 12.6. The first-order valence-corrected chi connectivity index (χ1v) is 8.37. The number of nitrogens with one attached hydrogen (secondary N) is 1. The molecule has 1 aromatic rings. The molecule has 0 heterocycles. The maximum absolute atomic E-state index is 3.56. The minimum Gasteiger partial charge on any atom is -0.309 e. The van der Waals surface area contributed by atoms with Crippen LogP contribution in [0.5, 0.6) is 0 Å². The van der Waals surface area contributed by atoms with Gasteiger partial charge < -0.3 is 10.2 Å². The van der Waals surface area contributed by atoms with Crippen LogP contribution in [-0.2, 0) is 6.54 Å². The molecule has 0 saturated heterocycles. The Labute approximate surface area is 130 Å². The number of benzene rings is 1. The van der Waals surface area contributed by atoms with Crippen molar-refractivity contribution in [3.05, 3.63) is 28.2 Å². The van der Waals surface area contributed by atoms with Crippen molar-refractivity contribution in [1.82, 2.24) is 10.2 Å². The highest BCUT2D eigenvalue weighted by Gasteiger charge is 2.11. The molecule has 0 fully saturated rings. The van der Waals surface area contributed by atoms with Crippen LogP contribution in [0, 0.1) is 0 Å². The third-order valence-electron chi connectivity index (χ3n) is 2.63. The van der Waals surface area contributed by atoms with Crippen molar-refractivity contribution >= 4 is 27.7 Å². The van der Waals surface area contributed by atoms with E-state index in [9.17, 15) is 0 Å². The van der Waals surface area contributed by atoms with E-state index in [1.54, 1.807) is 0 Å². The lowest BCUT2D eigenvalue weighted by molar-refractivity contribution is 0.422. The largest absolute Gasteiger partial charge is 0.309 e. The first-order valence-electron chi connectivity index (χ1n) is 6.59. The van der Waals surface area contributed by atoms with Gasteiger partial charge in [-0.05, 0) is 58.6 Å². The average molecular weight is 345 g/mol. The lowest BCUT2D eigenvalue weighted by Crippen LogP contribution is -2.35. The minimum atomic E-state index is 0.147. The zero-order chi connectivity index (χ0) is 14.5. The number of thioether (sulfide) groups is 1. The summed E-state index contributed by atoms with van der Waals surface area (Å²) < 4.78 is 1.15. The van der Waals surface area contributed by atoms with Crippen LogP contribution >= 0.6 is 27.7 Å². The number of hydrogen-bond donors (Lipinski definition) is 1. The summed E-state index contributed by atoms with van der Waals surface area (Å²) in [4.78, 5) is 3.60. The predicted molar refractivity (Wildman–Crippen MR) is 90.0 cm³/mol. The highest BCUT2D eigenvalue weighted by molar-refractivity contribution is 9.10. The number of halogens is 1. The average Bonchev–Trinajstić information content (AvgIpc) is 2.27. The second-order valence-electron chi connectivity index (χ2n) is 6.01. The molecule has 2 nitrogen and oxygen atoms in total. The SMILES string of the molecule is CN(C)CCSc1ccc(Br)cc1CNC(C)(C)C. The van der Waals surface area contributed by atoms with Crippen LogP contribution in [0.2, 0.25) is 0 Å². The normalized spacial score (nSPS) is 12.2. The van der Waals surface area contributed by atoms with Crippen molar-refractivity contribution in [2.75, 3.05) is 26.4 Å². The Morgan fingerprint density at radius 2 is 1.95 bits per heavy atom. The Bertz CT molecular complexity index is 400. The van der Waals surface area contributed by atoms with Gasteiger partial charge >= 0.3 is 0 Å². The van der Waals surface area contributed by atoms with Crippen molar-refractivity contribution in [2.45, 2.75) is 37.8 Å². The molecular formula is C15H25BrN2S. The van der Waals surface area contributed by atoms with Gasteiger partial charge in [0, 0.05) is 33.7 Å². The molecule has 0 aliphatic carbocycles. The third-order valence-corrected chi connectivity index (χ3v) is 4.22. The summed E-state index contributed by atoms with van der Waals surface area (Å²) in [5, 5.41) is 3.56. The molecule has 0 aromatic heterocycles. The van der Waals surface area contributed by atoms with E-state index in [-0.39, 0.29) is 5.54 Å². The Morgan fingerprint density at radius 3 is 2.53 bits per heavy atom. The smallest absolute Gasteiger partial charge is 0.0221 e. The summed E-state index contributed by atoms with van der Waals surface area (Å²) in [6.07, 6.45) is 0. The highest BCUT2D eigenvalue weighted by Crippen LogP contribution is 2.26. The second kappa shape index (κ2) is 7.67. The summed E-state index contributed by atoms with van der Waals surface area (Å²) >= 11 is 5.50. The van der Waals surface area contributed by atoms with Crippen LogP contribution in [0.4, 0.5) is 0 Å². The van der Waals surface area contributed by atoms with Crippen molar-refractivity contribution in [2.24, 2.45) is 0 Å². The molecule has 0 amide bonds. The molecule has 0 unspecified atom stereocenters. The monoisotopic (exact) mass is 344 g/mol. The Morgan fingerprint density at radius 1 is 1.26 bits per heavy atom. The van der Waals surface area contributed by atoms with Crippen LogP contribution in [0.3, 0.4) is 0 Å². The number of rotatable bonds is 6. The molecule has 1 rings (SSSR count). The standard InChI is InChI=1S/C15H25BrN2S/c1-15(2,3)17-11-12-10-13(16)6-7-14(12)19-9-8-18(4)5/h6-7,10,17H,8-9,11H2,1-5H3. The van der Waals surface area contributed by atoms with Crippen LogP contribution in [0.15, 0.2) is 27.6 Å². The fraction of sp³-hybridized carbons (Fsp3) is 0.600. The first kappa shape index (κ1) is 17.0. The van der Waals surface area contributed by atoms with Gasteiger partial charge in [-0.3, -0.25) is 0 Å². The fourth-order valence-electron chi connectivity index (χ4n) is 1.53. The van der Waals surface area contributed by atoms with Gasteiger partial charge in [-0.2, -0.15) is 0 Å². The fourth-order valence-corrected chi connectivity index (χ4v) is 3.09. The topological polar surface area (TPSA) is 15.3 Å². The maximum atomic E-state index is 3.56. The van der Waals surface area contributed by atoms with Crippen LogP contribution in [0.25, 0.3) is 0 Å². The van der Waals surface area contributed by atoms with Crippen molar-refractivity contribution in [3.8, 4) is 0 Å². The van der Waals surface area contributed by atoms with Crippen molar-refractivity contribution < 1.29 is 0 Å². The second-order valence-corrected chi connectivity index (χ2v) is 8.06. The van der Waals surface area contributed by atoms with Gasteiger partial charge in [0.15, 0.2) is 0 Å². The summed E-state index contributed by atoms with van der Waals surface area (Å²) in [6, 6.07) is 6.55. The van der Waals surface area contributed by atoms with E-state index in [2.05, 4.69) is 79.2 Å². The minimum absolute atomic E-state index is 0.147. The molecule has 108 valence electrons. The van der Waals surface area contributed by atoms with Crippen molar-refractivity contribution in [1.29, 1.82) is 0 Å². The number of hydrogen-bond acceptors (Lipinski definition) is 3. The van der Waals surface area contributed by atoms with Gasteiger partial charge in [0.05, 0.1) is 0 Å².